The Bertz CT molecular complexity index is 2020. The molecule has 268 valence electrons. The van der Waals surface area contributed by atoms with Crippen LogP contribution in [0, 0.1) is 0 Å². The van der Waals surface area contributed by atoms with Crippen molar-refractivity contribution in [1.82, 2.24) is 29.9 Å². The molecule has 6 rings (SSSR count). The number of rotatable bonds is 10. The first-order valence-corrected chi connectivity index (χ1v) is 18.4. The zero-order chi connectivity index (χ0) is 35.5. The molecule has 18 nitrogen and oxygen atoms in total. The average molecular weight is 816 g/mol. The molecule has 0 bridgehead atoms. The number of halogens is 2. The SMILES string of the molecule is O=S(=O)(O)c1cc(Nc2nc(Cl)nc(N3CCOCC3)n2)ccc1/C=C/c1ccc(Nc2nc(Cl)nc(N3CCOCC3)n2)cc1S(=O)(=O)O.[H-].[H-].[Na+].[Na+]. The molecule has 0 unspecified atom stereocenters. The van der Waals surface area contributed by atoms with Crippen molar-refractivity contribution in [2.45, 2.75) is 9.79 Å². The van der Waals surface area contributed by atoms with Crippen LogP contribution in [0.3, 0.4) is 0 Å². The second kappa shape index (κ2) is 18.4. The summed E-state index contributed by atoms with van der Waals surface area (Å²) in [5.74, 6) is 0.658. The van der Waals surface area contributed by atoms with Gasteiger partial charge in [0.05, 0.1) is 26.4 Å². The zero-order valence-electron chi connectivity index (χ0n) is 29.8. The van der Waals surface area contributed by atoms with Crippen LogP contribution in [-0.2, 0) is 29.7 Å². The van der Waals surface area contributed by atoms with Gasteiger partial charge in [-0.15, -0.1) is 0 Å². The fourth-order valence-electron chi connectivity index (χ4n) is 4.98. The van der Waals surface area contributed by atoms with E-state index >= 15 is 0 Å². The standard InChI is InChI=1S/C28H28Cl2N10O8S2.2Na.2H/c29-23-33-25(37-27(35-23)39-7-11-47-12-8-39)31-19-5-3-17(21(15-19)49(41,42)43)1-2-18-4-6-20(16-22(18)50(44,45)46)32-26-34-24(30)36-28(38-26)40-9-13-48-14-10-40;;;;/h1-6,15-16H,7-14H2,(H,41,42,43)(H,44,45,46)(H,31,33,35,37)(H,32,34,36,38);;;;/q;2*+1;2*-1/b2-1+;;;;. The van der Waals surface area contributed by atoms with E-state index in [0.29, 0.717) is 64.5 Å². The van der Waals surface area contributed by atoms with Gasteiger partial charge in [-0.25, -0.2) is 0 Å². The second-order valence-corrected chi connectivity index (χ2v) is 14.1. The largest absolute Gasteiger partial charge is 1.00 e. The molecule has 4 aromatic rings. The van der Waals surface area contributed by atoms with Gasteiger partial charge in [0.15, 0.2) is 0 Å². The van der Waals surface area contributed by atoms with Gasteiger partial charge in [0.1, 0.15) is 9.79 Å². The minimum absolute atomic E-state index is 0. The molecule has 0 aliphatic carbocycles. The molecular formula is C28H30Cl2N10Na2O8S2. The van der Waals surface area contributed by atoms with E-state index in [2.05, 4.69) is 40.5 Å². The summed E-state index contributed by atoms with van der Waals surface area (Å²) >= 11 is 12.2. The third-order valence-corrected chi connectivity index (χ3v) is 9.47. The van der Waals surface area contributed by atoms with E-state index in [1.807, 2.05) is 9.80 Å². The minimum atomic E-state index is -4.79. The van der Waals surface area contributed by atoms with Gasteiger partial charge >= 0.3 is 59.1 Å². The Kier molecular flexibility index (Phi) is 15.0. The van der Waals surface area contributed by atoms with Crippen LogP contribution in [0.1, 0.15) is 14.0 Å². The summed E-state index contributed by atoms with van der Waals surface area (Å²) in [4.78, 5) is 27.8. The Morgan fingerprint density at radius 2 is 1.00 bits per heavy atom. The molecule has 2 fully saturated rings. The Balaban J connectivity index is 0.00000252. The van der Waals surface area contributed by atoms with Crippen LogP contribution >= 0.6 is 23.2 Å². The maximum Gasteiger partial charge on any atom is 1.00 e. The van der Waals surface area contributed by atoms with E-state index in [1.54, 1.807) is 0 Å². The van der Waals surface area contributed by atoms with E-state index in [0.717, 1.165) is 12.1 Å². The summed E-state index contributed by atoms with van der Waals surface area (Å²) in [6.45, 7) is 4.09. The van der Waals surface area contributed by atoms with E-state index in [9.17, 15) is 25.9 Å². The third-order valence-electron chi connectivity index (χ3n) is 7.32. The second-order valence-electron chi connectivity index (χ2n) is 10.7. The van der Waals surface area contributed by atoms with Crippen LogP contribution < -0.4 is 79.5 Å². The van der Waals surface area contributed by atoms with Crippen LogP contribution in [0.25, 0.3) is 12.2 Å². The van der Waals surface area contributed by atoms with Crippen molar-refractivity contribution in [3.05, 3.63) is 58.1 Å². The van der Waals surface area contributed by atoms with Gasteiger partial charge in [0.2, 0.25) is 34.4 Å². The first-order valence-electron chi connectivity index (χ1n) is 14.8. The number of benzene rings is 2. The molecule has 4 heterocycles. The minimum Gasteiger partial charge on any atom is -1.00 e. The third kappa shape index (κ3) is 11.1. The van der Waals surface area contributed by atoms with Crippen LogP contribution in [-0.4, -0.2) is 108 Å². The number of aromatic nitrogens is 6. The maximum atomic E-state index is 12.4. The van der Waals surface area contributed by atoms with Gasteiger partial charge < -0.3 is 32.8 Å². The predicted molar refractivity (Wildman–Crippen MR) is 186 cm³/mol. The number of hydrogen-bond donors (Lipinski definition) is 4. The topological polar surface area (TPSA) is 235 Å². The fraction of sp³-hybridized carbons (Fsp3) is 0.286. The summed E-state index contributed by atoms with van der Waals surface area (Å²) in [7, 11) is -9.58. The molecule has 2 aromatic heterocycles. The number of anilines is 6. The van der Waals surface area contributed by atoms with E-state index in [-0.39, 0.29) is 107 Å². The van der Waals surface area contributed by atoms with Crippen LogP contribution in [0.5, 0.6) is 0 Å². The van der Waals surface area contributed by atoms with Gasteiger partial charge in [0.25, 0.3) is 20.2 Å². The number of nitrogens with one attached hydrogen (secondary N) is 2. The van der Waals surface area contributed by atoms with Crippen molar-refractivity contribution in [3.63, 3.8) is 0 Å². The van der Waals surface area contributed by atoms with Crippen molar-refractivity contribution in [2.24, 2.45) is 0 Å². The molecule has 0 amide bonds. The molecular weight excluding hydrogens is 785 g/mol. The van der Waals surface area contributed by atoms with Gasteiger partial charge in [0, 0.05) is 37.6 Å². The van der Waals surface area contributed by atoms with Crippen molar-refractivity contribution in [2.75, 3.05) is 73.0 Å². The van der Waals surface area contributed by atoms with Crippen molar-refractivity contribution < 1.29 is 97.4 Å². The fourth-order valence-corrected chi connectivity index (χ4v) is 6.72. The molecule has 0 saturated carbocycles. The molecule has 0 spiro atoms. The zero-order valence-corrected chi connectivity index (χ0v) is 34.9. The molecule has 2 aliphatic heterocycles. The van der Waals surface area contributed by atoms with E-state index in [4.69, 9.17) is 32.7 Å². The molecule has 52 heavy (non-hydrogen) atoms. The Morgan fingerprint density at radius 3 is 1.35 bits per heavy atom. The summed E-state index contributed by atoms with van der Waals surface area (Å²) in [6, 6.07) is 8.00. The Hall–Kier alpha value is -2.28. The molecule has 4 N–H and O–H groups in total. The normalized spacial score (nSPS) is 15.2. The Morgan fingerprint density at radius 1 is 0.635 bits per heavy atom. The summed E-state index contributed by atoms with van der Waals surface area (Å²) in [5, 5.41) is 5.54. The summed E-state index contributed by atoms with van der Waals surface area (Å²) in [6.07, 6.45) is 2.53. The number of hydrogen-bond acceptors (Lipinski definition) is 16. The van der Waals surface area contributed by atoms with Crippen molar-refractivity contribution in [3.8, 4) is 0 Å². The molecule has 0 radical (unpaired) electrons. The number of ether oxygens (including phenoxy) is 2. The maximum absolute atomic E-state index is 12.4. The van der Waals surface area contributed by atoms with Crippen LogP contribution in [0.2, 0.25) is 10.6 Å². The first kappa shape index (κ1) is 42.5. The van der Waals surface area contributed by atoms with Gasteiger partial charge in [-0.3, -0.25) is 9.11 Å². The van der Waals surface area contributed by atoms with Crippen molar-refractivity contribution >= 4 is 90.8 Å². The molecule has 2 aromatic carbocycles. The summed E-state index contributed by atoms with van der Waals surface area (Å²) < 4.78 is 80.4. The van der Waals surface area contributed by atoms with Gasteiger partial charge in [-0.05, 0) is 58.6 Å². The average Bonchev–Trinajstić information content (AvgIpc) is 3.07. The number of morpholine rings is 2. The van der Waals surface area contributed by atoms with Crippen LogP contribution in [0.4, 0.5) is 35.2 Å². The summed E-state index contributed by atoms with van der Waals surface area (Å²) in [5.41, 5.74) is 0.378. The molecule has 2 aliphatic rings. The smallest absolute Gasteiger partial charge is 1.00 e. The van der Waals surface area contributed by atoms with Gasteiger partial charge in [-0.1, -0.05) is 24.3 Å². The van der Waals surface area contributed by atoms with Crippen LogP contribution in [0.15, 0.2) is 46.2 Å². The van der Waals surface area contributed by atoms with E-state index < -0.39 is 30.0 Å². The predicted octanol–water partition coefficient (Wildman–Crippen LogP) is -2.58. The quantitative estimate of drug-likeness (QED) is 0.0731. The number of nitrogens with zero attached hydrogens (tertiary/aromatic N) is 8. The monoisotopic (exact) mass is 814 g/mol. The Labute approximate surface area is 355 Å². The van der Waals surface area contributed by atoms with Gasteiger partial charge in [-0.2, -0.15) is 46.7 Å². The molecule has 0 atom stereocenters. The van der Waals surface area contributed by atoms with Crippen molar-refractivity contribution in [1.29, 1.82) is 0 Å². The first-order chi connectivity index (χ1) is 23.8. The van der Waals surface area contributed by atoms with E-state index in [1.165, 1.54) is 36.4 Å². The molecule has 2 saturated heterocycles. The molecule has 24 heteroatoms.